The molecule has 0 saturated carbocycles. The summed E-state index contributed by atoms with van der Waals surface area (Å²) in [6.07, 6.45) is 6.77. The average molecular weight is 144 g/mol. The van der Waals surface area contributed by atoms with Crippen LogP contribution in [0.25, 0.3) is 0 Å². The maximum atomic E-state index is 2.43. The van der Waals surface area contributed by atoms with E-state index in [1.807, 2.05) is 0 Å². The lowest BCUT2D eigenvalue weighted by atomic mass is 9.92. The van der Waals surface area contributed by atoms with Crippen LogP contribution in [0.5, 0.6) is 0 Å². The van der Waals surface area contributed by atoms with Gasteiger partial charge in [0, 0.05) is 0 Å². The summed E-state index contributed by atoms with van der Waals surface area (Å²) < 4.78 is 0. The number of hydrogen-bond acceptors (Lipinski definition) is 0. The first-order valence-electron chi connectivity index (χ1n) is 4.57. The molecule has 0 aromatic heterocycles. The summed E-state index contributed by atoms with van der Waals surface area (Å²) in [7, 11) is 0. The molecule has 0 amide bonds. The molecule has 0 radical (unpaired) electrons. The van der Waals surface area contributed by atoms with Crippen LogP contribution in [0.2, 0.25) is 0 Å². The minimum Gasteiger partial charge on any atom is -0.0549 e. The molecule has 0 bridgehead atoms. The van der Waals surface area contributed by atoms with E-state index in [0.717, 1.165) is 0 Å². The molecule has 2 aliphatic carbocycles. The van der Waals surface area contributed by atoms with Gasteiger partial charge in [0.15, 0.2) is 0 Å². The first-order valence-corrected chi connectivity index (χ1v) is 4.57. The summed E-state index contributed by atoms with van der Waals surface area (Å²) in [5.41, 5.74) is 6.52. The van der Waals surface area contributed by atoms with Gasteiger partial charge < -0.3 is 0 Å². The van der Waals surface area contributed by atoms with Gasteiger partial charge in [-0.25, -0.2) is 0 Å². The Hall–Kier alpha value is -0.780. The Bertz CT molecular complexity index is 279. The third-order valence-corrected chi connectivity index (χ3v) is 2.92. The van der Waals surface area contributed by atoms with E-state index in [-0.39, 0.29) is 0 Å². The summed E-state index contributed by atoms with van der Waals surface area (Å²) in [6, 6.07) is 4.87. The van der Waals surface area contributed by atoms with Crippen LogP contribution in [0.1, 0.15) is 35.1 Å². The molecule has 1 aromatic rings. The summed E-state index contributed by atoms with van der Waals surface area (Å²) in [5, 5.41) is 0. The maximum absolute atomic E-state index is 2.43. The first-order chi connectivity index (χ1) is 5.43. The highest BCUT2D eigenvalue weighted by atomic mass is 14.2. The van der Waals surface area contributed by atoms with Crippen molar-refractivity contribution >= 4 is 0 Å². The van der Waals surface area contributed by atoms with Crippen LogP contribution in [0.3, 0.4) is 0 Å². The lowest BCUT2D eigenvalue weighted by Crippen LogP contribution is -2.00. The molecule has 0 spiro atoms. The fourth-order valence-electron chi connectivity index (χ4n) is 2.15. The van der Waals surface area contributed by atoms with Crippen molar-refractivity contribution in [2.45, 2.75) is 32.1 Å². The van der Waals surface area contributed by atoms with Crippen molar-refractivity contribution in [3.8, 4) is 0 Å². The van der Waals surface area contributed by atoms with Gasteiger partial charge >= 0.3 is 0 Å². The number of fused-ring (bicyclic) bond motifs is 2. The van der Waals surface area contributed by atoms with Crippen LogP contribution >= 0.6 is 0 Å². The summed E-state index contributed by atoms with van der Waals surface area (Å²) >= 11 is 0. The van der Waals surface area contributed by atoms with Crippen LogP contribution in [0, 0.1) is 0 Å². The Balaban J connectivity index is 2.16. The third-order valence-electron chi connectivity index (χ3n) is 2.92. The highest BCUT2D eigenvalue weighted by Crippen LogP contribution is 2.33. The van der Waals surface area contributed by atoms with E-state index < -0.39 is 0 Å². The third kappa shape index (κ3) is 0.819. The average Bonchev–Trinajstić information content (AvgIpc) is 2.77. The van der Waals surface area contributed by atoms with Gasteiger partial charge in [-0.1, -0.05) is 12.1 Å². The number of benzene rings is 1. The summed E-state index contributed by atoms with van der Waals surface area (Å²) in [6.45, 7) is 0. The Morgan fingerprint density at radius 2 is 1.27 bits per heavy atom. The topological polar surface area (TPSA) is 0 Å². The quantitative estimate of drug-likeness (QED) is 0.533. The normalized spacial score (nSPS) is 18.9. The van der Waals surface area contributed by atoms with Gasteiger partial charge in [0.2, 0.25) is 0 Å². The van der Waals surface area contributed by atoms with E-state index in [1.54, 1.807) is 22.3 Å². The van der Waals surface area contributed by atoms with Gasteiger partial charge in [-0.15, -0.1) is 0 Å². The second-order valence-corrected chi connectivity index (χ2v) is 3.77. The summed E-state index contributed by atoms with van der Waals surface area (Å²) in [4.78, 5) is 0. The molecule has 0 saturated heterocycles. The van der Waals surface area contributed by atoms with Crippen LogP contribution in [-0.4, -0.2) is 0 Å². The van der Waals surface area contributed by atoms with Crippen molar-refractivity contribution in [2.24, 2.45) is 0 Å². The van der Waals surface area contributed by atoms with E-state index in [1.165, 1.54) is 32.1 Å². The molecule has 0 aliphatic heterocycles. The predicted molar refractivity (Wildman–Crippen MR) is 45.9 cm³/mol. The highest BCUT2D eigenvalue weighted by molar-refractivity contribution is 5.51. The van der Waals surface area contributed by atoms with Crippen molar-refractivity contribution < 1.29 is 0 Å². The Labute approximate surface area is 67.2 Å². The lowest BCUT2D eigenvalue weighted by Gasteiger charge is -2.13. The van der Waals surface area contributed by atoms with Gasteiger partial charge in [0.25, 0.3) is 0 Å². The minimum atomic E-state index is 1.28. The molecule has 0 N–H and O–H groups in total. The fourth-order valence-corrected chi connectivity index (χ4v) is 2.15. The molecule has 0 unspecified atom stereocenters. The Morgan fingerprint density at radius 3 is 1.82 bits per heavy atom. The van der Waals surface area contributed by atoms with Crippen LogP contribution in [0.4, 0.5) is 0 Å². The van der Waals surface area contributed by atoms with Gasteiger partial charge in [-0.2, -0.15) is 0 Å². The molecule has 0 atom stereocenters. The molecule has 0 heteroatoms. The van der Waals surface area contributed by atoms with Gasteiger partial charge in [-0.3, -0.25) is 0 Å². The van der Waals surface area contributed by atoms with E-state index in [9.17, 15) is 0 Å². The SMILES string of the molecule is c1c2c(cc3c1C3)CCCC2. The van der Waals surface area contributed by atoms with Crippen molar-refractivity contribution in [1.29, 1.82) is 0 Å². The number of aryl methyl sites for hydroxylation is 2. The molecule has 2 aliphatic rings. The largest absolute Gasteiger partial charge is 0.0549 e. The van der Waals surface area contributed by atoms with E-state index in [2.05, 4.69) is 12.1 Å². The number of rotatable bonds is 0. The van der Waals surface area contributed by atoms with E-state index in [0.29, 0.717) is 0 Å². The standard InChI is InChI=1S/C11H12/c1-2-4-9-6-11-7-10(11)5-8(9)3-1/h5-6H,1-4,7H2. The molecular formula is C11H12. The second-order valence-electron chi connectivity index (χ2n) is 3.77. The first kappa shape index (κ1) is 5.82. The van der Waals surface area contributed by atoms with Crippen LogP contribution in [0.15, 0.2) is 12.1 Å². The van der Waals surface area contributed by atoms with Gasteiger partial charge in [-0.05, 0) is 54.4 Å². The molecule has 0 nitrogen and oxygen atoms in total. The fraction of sp³-hybridized carbons (Fsp3) is 0.455. The molecule has 3 rings (SSSR count). The smallest absolute Gasteiger partial charge is 0.00199 e. The highest BCUT2D eigenvalue weighted by Gasteiger charge is 2.20. The van der Waals surface area contributed by atoms with Crippen LogP contribution < -0.4 is 0 Å². The molecular weight excluding hydrogens is 132 g/mol. The molecule has 11 heavy (non-hydrogen) atoms. The molecule has 1 aromatic carbocycles. The molecule has 56 valence electrons. The Kier molecular flexibility index (Phi) is 0.993. The van der Waals surface area contributed by atoms with Crippen molar-refractivity contribution in [3.63, 3.8) is 0 Å². The van der Waals surface area contributed by atoms with E-state index >= 15 is 0 Å². The minimum absolute atomic E-state index is 1.28. The van der Waals surface area contributed by atoms with E-state index in [4.69, 9.17) is 0 Å². The Morgan fingerprint density at radius 1 is 0.727 bits per heavy atom. The van der Waals surface area contributed by atoms with Gasteiger partial charge in [0.05, 0.1) is 0 Å². The molecule has 0 fully saturated rings. The zero-order valence-corrected chi connectivity index (χ0v) is 6.69. The summed E-state index contributed by atoms with van der Waals surface area (Å²) in [5.74, 6) is 0. The number of hydrogen-bond donors (Lipinski definition) is 0. The lowest BCUT2D eigenvalue weighted by molar-refractivity contribution is 0.686. The van der Waals surface area contributed by atoms with Crippen molar-refractivity contribution in [2.75, 3.05) is 0 Å². The zero-order chi connectivity index (χ0) is 7.26. The predicted octanol–water partition coefficient (Wildman–Crippen LogP) is 2.47. The van der Waals surface area contributed by atoms with Gasteiger partial charge in [0.1, 0.15) is 0 Å². The van der Waals surface area contributed by atoms with Crippen LogP contribution in [-0.2, 0) is 19.3 Å². The monoisotopic (exact) mass is 144 g/mol. The second kappa shape index (κ2) is 1.88. The van der Waals surface area contributed by atoms with Crippen molar-refractivity contribution in [3.05, 3.63) is 34.4 Å². The molecule has 0 heterocycles. The zero-order valence-electron chi connectivity index (χ0n) is 6.69. The van der Waals surface area contributed by atoms with Crippen molar-refractivity contribution in [1.82, 2.24) is 0 Å². The maximum Gasteiger partial charge on any atom is -0.00199 e.